The highest BCUT2D eigenvalue weighted by molar-refractivity contribution is 5.84. The number of rotatable bonds is 3. The molecule has 1 atom stereocenters. The number of ether oxygens (including phenoxy) is 1. The van der Waals surface area contributed by atoms with Crippen LogP contribution in [0.3, 0.4) is 0 Å². The van der Waals surface area contributed by atoms with Gasteiger partial charge in [0.25, 0.3) is 0 Å². The van der Waals surface area contributed by atoms with Crippen LogP contribution in [0.5, 0.6) is 0 Å². The van der Waals surface area contributed by atoms with Crippen molar-refractivity contribution in [2.24, 2.45) is 5.92 Å². The topological polar surface area (TPSA) is 56.5 Å². The summed E-state index contributed by atoms with van der Waals surface area (Å²) in [6, 6.07) is 5.30. The Kier molecular flexibility index (Phi) is 4.33. The first-order chi connectivity index (χ1) is 11.1. The normalized spacial score (nSPS) is 17.4. The first-order valence-electron chi connectivity index (χ1n) is 7.91. The van der Waals surface area contributed by atoms with Gasteiger partial charge in [-0.25, -0.2) is 4.79 Å². The van der Waals surface area contributed by atoms with Crippen LogP contribution >= 0.6 is 0 Å². The Morgan fingerprint density at radius 1 is 1.30 bits per heavy atom. The second-order valence-electron chi connectivity index (χ2n) is 6.06. The van der Waals surface area contributed by atoms with Crippen molar-refractivity contribution < 1.29 is 13.9 Å². The zero-order valence-electron chi connectivity index (χ0n) is 13.4. The van der Waals surface area contributed by atoms with E-state index >= 15 is 0 Å². The molecule has 0 bridgehead atoms. The molecule has 23 heavy (non-hydrogen) atoms. The summed E-state index contributed by atoms with van der Waals surface area (Å²) in [6.07, 6.45) is 6.58. The van der Waals surface area contributed by atoms with Crippen LogP contribution in [0.2, 0.25) is 0 Å². The van der Waals surface area contributed by atoms with E-state index in [0.717, 1.165) is 35.8 Å². The number of allylic oxidation sites excluding steroid dienone is 2. The number of esters is 1. The van der Waals surface area contributed by atoms with Crippen molar-refractivity contribution in [3.8, 4) is 0 Å². The predicted octanol–water partition coefficient (Wildman–Crippen LogP) is 3.81. The third-order valence-electron chi connectivity index (χ3n) is 4.49. The Bertz CT molecular complexity index is 829. The van der Waals surface area contributed by atoms with E-state index in [0.29, 0.717) is 11.1 Å². The van der Waals surface area contributed by atoms with E-state index in [-0.39, 0.29) is 18.5 Å². The summed E-state index contributed by atoms with van der Waals surface area (Å²) >= 11 is 0. The molecule has 1 aromatic heterocycles. The molecule has 1 aliphatic rings. The monoisotopic (exact) mass is 312 g/mol. The van der Waals surface area contributed by atoms with Crippen LogP contribution in [0.15, 0.2) is 39.6 Å². The Morgan fingerprint density at radius 2 is 2.13 bits per heavy atom. The van der Waals surface area contributed by atoms with Crippen LogP contribution in [-0.4, -0.2) is 5.97 Å². The number of carbonyl (C=O) groups excluding carboxylic acids is 1. The summed E-state index contributed by atoms with van der Waals surface area (Å²) in [5.74, 6) is -0.269. The fourth-order valence-corrected chi connectivity index (χ4v) is 2.92. The third kappa shape index (κ3) is 3.21. The van der Waals surface area contributed by atoms with E-state index in [9.17, 15) is 9.59 Å². The molecule has 0 saturated heterocycles. The van der Waals surface area contributed by atoms with Crippen molar-refractivity contribution in [3.05, 3.63) is 57.5 Å². The smallest absolute Gasteiger partial charge is 0.336 e. The summed E-state index contributed by atoms with van der Waals surface area (Å²) in [6.45, 7) is 3.99. The molecule has 1 unspecified atom stereocenters. The maximum absolute atomic E-state index is 12.2. The van der Waals surface area contributed by atoms with Crippen molar-refractivity contribution in [1.29, 1.82) is 0 Å². The number of hydrogen-bond acceptors (Lipinski definition) is 4. The van der Waals surface area contributed by atoms with Gasteiger partial charge in [-0.3, -0.25) is 4.79 Å². The minimum absolute atomic E-state index is 0.0737. The summed E-state index contributed by atoms with van der Waals surface area (Å²) in [7, 11) is 0. The standard InChI is InChI=1S/C19H20O4/c1-12-8-9-16-15(10-17(20)23-18(16)13(12)2)11-22-19(21)14-6-4-3-5-7-14/h3-4,8-10,14H,5-7,11H2,1-2H3. The van der Waals surface area contributed by atoms with Crippen molar-refractivity contribution in [1.82, 2.24) is 0 Å². The maximum Gasteiger partial charge on any atom is 0.336 e. The van der Waals surface area contributed by atoms with Crippen LogP contribution in [0, 0.1) is 19.8 Å². The van der Waals surface area contributed by atoms with Gasteiger partial charge in [0.2, 0.25) is 0 Å². The van der Waals surface area contributed by atoms with Crippen LogP contribution in [-0.2, 0) is 16.1 Å². The molecular formula is C19H20O4. The van der Waals surface area contributed by atoms with Gasteiger partial charge in [-0.15, -0.1) is 0 Å². The lowest BCUT2D eigenvalue weighted by Crippen LogP contribution is -2.19. The number of benzene rings is 1. The molecule has 0 fully saturated rings. The molecule has 1 aromatic carbocycles. The maximum atomic E-state index is 12.2. The van der Waals surface area contributed by atoms with Gasteiger partial charge in [0, 0.05) is 17.0 Å². The van der Waals surface area contributed by atoms with E-state index in [1.54, 1.807) is 0 Å². The fourth-order valence-electron chi connectivity index (χ4n) is 2.92. The molecule has 1 heterocycles. The molecule has 120 valence electrons. The van der Waals surface area contributed by atoms with E-state index in [1.807, 2.05) is 32.1 Å². The minimum atomic E-state index is -0.419. The quantitative estimate of drug-likeness (QED) is 0.491. The van der Waals surface area contributed by atoms with E-state index in [2.05, 4.69) is 6.08 Å². The average molecular weight is 312 g/mol. The molecule has 2 aromatic rings. The number of hydrogen-bond donors (Lipinski definition) is 0. The lowest BCUT2D eigenvalue weighted by atomic mass is 9.95. The number of aryl methyl sites for hydroxylation is 2. The second kappa shape index (κ2) is 6.41. The average Bonchev–Trinajstić information content (AvgIpc) is 2.57. The van der Waals surface area contributed by atoms with Gasteiger partial charge in [-0.1, -0.05) is 24.3 Å². The molecule has 3 rings (SSSR count). The predicted molar refractivity (Wildman–Crippen MR) is 88.2 cm³/mol. The SMILES string of the molecule is Cc1ccc2c(COC(=O)C3CC=CCC3)cc(=O)oc2c1C. The van der Waals surface area contributed by atoms with Gasteiger partial charge >= 0.3 is 11.6 Å². The molecule has 0 radical (unpaired) electrons. The van der Waals surface area contributed by atoms with Gasteiger partial charge in [0.1, 0.15) is 12.2 Å². The van der Waals surface area contributed by atoms with E-state index in [4.69, 9.17) is 9.15 Å². The van der Waals surface area contributed by atoms with Crippen molar-refractivity contribution >= 4 is 16.9 Å². The van der Waals surface area contributed by atoms with Crippen LogP contribution in [0.25, 0.3) is 11.0 Å². The van der Waals surface area contributed by atoms with Crippen LogP contribution < -0.4 is 5.63 Å². The fraction of sp³-hybridized carbons (Fsp3) is 0.368. The molecule has 0 spiro atoms. The van der Waals surface area contributed by atoms with Crippen LogP contribution in [0.4, 0.5) is 0 Å². The van der Waals surface area contributed by atoms with Gasteiger partial charge in [0.05, 0.1) is 5.92 Å². The Hall–Kier alpha value is -2.36. The largest absolute Gasteiger partial charge is 0.461 e. The second-order valence-corrected chi connectivity index (χ2v) is 6.06. The first-order valence-corrected chi connectivity index (χ1v) is 7.91. The molecule has 0 aliphatic heterocycles. The molecule has 4 heteroatoms. The van der Waals surface area contributed by atoms with Gasteiger partial charge in [-0.2, -0.15) is 0 Å². The van der Waals surface area contributed by atoms with Gasteiger partial charge in [0.15, 0.2) is 0 Å². The Balaban J connectivity index is 1.85. The lowest BCUT2D eigenvalue weighted by Gasteiger charge is -2.16. The summed E-state index contributed by atoms with van der Waals surface area (Å²) in [4.78, 5) is 24.0. The highest BCUT2D eigenvalue weighted by atomic mass is 16.5. The van der Waals surface area contributed by atoms with Gasteiger partial charge in [-0.05, 0) is 44.2 Å². The zero-order chi connectivity index (χ0) is 16.4. The van der Waals surface area contributed by atoms with Crippen molar-refractivity contribution in [2.75, 3.05) is 0 Å². The Labute approximate surface area is 134 Å². The summed E-state index contributed by atoms with van der Waals surface area (Å²) < 4.78 is 10.8. The highest BCUT2D eigenvalue weighted by Gasteiger charge is 2.20. The molecule has 4 nitrogen and oxygen atoms in total. The Morgan fingerprint density at radius 3 is 2.87 bits per heavy atom. The molecule has 0 saturated carbocycles. The third-order valence-corrected chi connectivity index (χ3v) is 4.49. The molecule has 0 amide bonds. The van der Waals surface area contributed by atoms with Crippen molar-refractivity contribution in [2.45, 2.75) is 39.7 Å². The molecular weight excluding hydrogens is 292 g/mol. The molecule has 0 N–H and O–H groups in total. The zero-order valence-corrected chi connectivity index (χ0v) is 13.4. The minimum Gasteiger partial charge on any atom is -0.461 e. The first kappa shape index (κ1) is 15.5. The summed E-state index contributed by atoms with van der Waals surface area (Å²) in [5, 5.41) is 0.823. The van der Waals surface area contributed by atoms with E-state index in [1.165, 1.54) is 6.07 Å². The van der Waals surface area contributed by atoms with Gasteiger partial charge < -0.3 is 9.15 Å². The van der Waals surface area contributed by atoms with E-state index < -0.39 is 5.63 Å². The van der Waals surface area contributed by atoms with Crippen LogP contribution in [0.1, 0.15) is 36.0 Å². The lowest BCUT2D eigenvalue weighted by molar-refractivity contribution is -0.150. The summed E-state index contributed by atoms with van der Waals surface area (Å²) in [5.41, 5.74) is 2.84. The molecule has 1 aliphatic carbocycles. The number of carbonyl (C=O) groups is 1. The highest BCUT2D eigenvalue weighted by Crippen LogP contribution is 2.25. The van der Waals surface area contributed by atoms with Crippen molar-refractivity contribution in [3.63, 3.8) is 0 Å². The number of fused-ring (bicyclic) bond motifs is 1.